The summed E-state index contributed by atoms with van der Waals surface area (Å²) in [6.45, 7) is 3.61. The van der Waals surface area contributed by atoms with E-state index in [1.165, 1.54) is 12.1 Å². The molecule has 0 spiro atoms. The Morgan fingerprint density at radius 2 is 2.00 bits per heavy atom. The average molecular weight is 331 g/mol. The van der Waals surface area contributed by atoms with E-state index in [1.807, 2.05) is 0 Å². The molecule has 0 unspecified atom stereocenters. The smallest absolute Gasteiger partial charge is 0.241 e. The molecule has 1 saturated carbocycles. The Labute approximate surface area is 130 Å². The molecule has 0 aromatic heterocycles. The Kier molecular flexibility index (Phi) is 4.91. The van der Waals surface area contributed by atoms with Crippen LogP contribution in [0.2, 0.25) is 5.02 Å². The molecule has 1 aromatic carbocycles. The number of benzene rings is 1. The van der Waals surface area contributed by atoms with E-state index in [4.69, 9.17) is 11.6 Å². The van der Waals surface area contributed by atoms with E-state index in [-0.39, 0.29) is 22.8 Å². The lowest BCUT2D eigenvalue weighted by molar-refractivity contribution is -0.123. The highest BCUT2D eigenvalue weighted by molar-refractivity contribution is 7.89. The van der Waals surface area contributed by atoms with Gasteiger partial charge in [0.2, 0.25) is 15.9 Å². The third kappa shape index (κ3) is 4.43. The first kappa shape index (κ1) is 16.3. The van der Waals surface area contributed by atoms with Crippen LogP contribution < -0.4 is 10.0 Å². The van der Waals surface area contributed by atoms with Gasteiger partial charge in [-0.3, -0.25) is 4.79 Å². The molecule has 7 heteroatoms. The van der Waals surface area contributed by atoms with Gasteiger partial charge in [0.15, 0.2) is 0 Å². The normalized spacial score (nSPS) is 16.8. The zero-order valence-corrected chi connectivity index (χ0v) is 13.5. The number of hydrogen-bond donors (Lipinski definition) is 2. The van der Waals surface area contributed by atoms with E-state index in [1.54, 1.807) is 26.0 Å². The first-order valence-corrected chi connectivity index (χ1v) is 8.74. The predicted octanol–water partition coefficient (Wildman–Crippen LogP) is 1.92. The number of amides is 1. The number of hydrogen-bond acceptors (Lipinski definition) is 3. The van der Waals surface area contributed by atoms with Crippen molar-refractivity contribution in [2.75, 3.05) is 0 Å². The van der Waals surface area contributed by atoms with Gasteiger partial charge >= 0.3 is 0 Å². The molecular formula is C14H19ClN2O3S. The standard InChI is InChI=1S/C14H19ClN2O3S/c1-9(2)13(14(18)16-11-6-7-11)17-21(19,20)12-5-3-4-10(15)8-12/h3-5,8-9,11,13,17H,6-7H2,1-2H3,(H,16,18)/t13-/m0/s1. The number of carbonyl (C=O) groups excluding carboxylic acids is 1. The van der Waals surface area contributed by atoms with Gasteiger partial charge in [-0.25, -0.2) is 8.42 Å². The summed E-state index contributed by atoms with van der Waals surface area (Å²) in [5.74, 6) is -0.434. The monoisotopic (exact) mass is 330 g/mol. The summed E-state index contributed by atoms with van der Waals surface area (Å²) >= 11 is 5.82. The fourth-order valence-corrected chi connectivity index (χ4v) is 3.52. The summed E-state index contributed by atoms with van der Waals surface area (Å²) in [5.41, 5.74) is 0. The molecule has 1 aromatic rings. The molecule has 1 fully saturated rings. The Morgan fingerprint density at radius 3 is 2.52 bits per heavy atom. The third-order valence-electron chi connectivity index (χ3n) is 3.26. The molecule has 1 amide bonds. The lowest BCUT2D eigenvalue weighted by Gasteiger charge is -2.21. The van der Waals surface area contributed by atoms with Crippen LogP contribution in [0.5, 0.6) is 0 Å². The zero-order valence-electron chi connectivity index (χ0n) is 12.0. The fourth-order valence-electron chi connectivity index (χ4n) is 1.88. The summed E-state index contributed by atoms with van der Waals surface area (Å²) < 4.78 is 27.2. The molecule has 2 N–H and O–H groups in total. The van der Waals surface area contributed by atoms with Crippen molar-refractivity contribution in [2.24, 2.45) is 5.92 Å². The van der Waals surface area contributed by atoms with E-state index in [2.05, 4.69) is 10.0 Å². The Morgan fingerprint density at radius 1 is 1.33 bits per heavy atom. The van der Waals surface area contributed by atoms with Gasteiger partial charge in [0.05, 0.1) is 4.90 Å². The van der Waals surface area contributed by atoms with E-state index in [0.717, 1.165) is 12.8 Å². The van der Waals surface area contributed by atoms with E-state index in [9.17, 15) is 13.2 Å². The number of nitrogens with one attached hydrogen (secondary N) is 2. The second kappa shape index (κ2) is 6.34. The van der Waals surface area contributed by atoms with Crippen molar-refractivity contribution < 1.29 is 13.2 Å². The summed E-state index contributed by atoms with van der Waals surface area (Å²) in [4.78, 5) is 12.2. The van der Waals surface area contributed by atoms with Gasteiger partial charge in [-0.15, -0.1) is 0 Å². The average Bonchev–Trinajstić information content (AvgIpc) is 3.19. The molecule has 2 rings (SSSR count). The third-order valence-corrected chi connectivity index (χ3v) is 4.94. The van der Waals surface area contributed by atoms with Crippen LogP contribution in [0.4, 0.5) is 0 Å². The van der Waals surface area contributed by atoms with E-state index >= 15 is 0 Å². The van der Waals surface area contributed by atoms with Crippen molar-refractivity contribution in [1.29, 1.82) is 0 Å². The summed E-state index contributed by atoms with van der Waals surface area (Å²) in [6.07, 6.45) is 1.91. The summed E-state index contributed by atoms with van der Waals surface area (Å²) in [5, 5.41) is 3.16. The van der Waals surface area contributed by atoms with Crippen LogP contribution in [-0.2, 0) is 14.8 Å². The SMILES string of the molecule is CC(C)[C@H](NS(=O)(=O)c1cccc(Cl)c1)C(=O)NC1CC1. The Bertz CT molecular complexity index is 627. The van der Waals surface area contributed by atoms with Crippen LogP contribution in [0.25, 0.3) is 0 Å². The molecule has 0 bridgehead atoms. The van der Waals surface area contributed by atoms with Crippen molar-refractivity contribution in [2.45, 2.75) is 43.7 Å². The topological polar surface area (TPSA) is 75.3 Å². The molecule has 1 aliphatic rings. The molecule has 5 nitrogen and oxygen atoms in total. The van der Waals surface area contributed by atoms with Gasteiger partial charge in [0.1, 0.15) is 6.04 Å². The molecule has 21 heavy (non-hydrogen) atoms. The lowest BCUT2D eigenvalue weighted by atomic mass is 10.1. The number of halogens is 1. The van der Waals surface area contributed by atoms with Gasteiger partial charge < -0.3 is 5.32 Å². The van der Waals surface area contributed by atoms with E-state index in [0.29, 0.717) is 5.02 Å². The molecule has 116 valence electrons. The molecule has 1 aliphatic carbocycles. The van der Waals surface area contributed by atoms with Crippen molar-refractivity contribution >= 4 is 27.5 Å². The fraction of sp³-hybridized carbons (Fsp3) is 0.500. The maximum absolute atomic E-state index is 12.4. The highest BCUT2D eigenvalue weighted by Crippen LogP contribution is 2.20. The minimum absolute atomic E-state index is 0.0554. The quantitative estimate of drug-likeness (QED) is 0.836. The highest BCUT2D eigenvalue weighted by atomic mass is 35.5. The van der Waals surface area contributed by atoms with Gasteiger partial charge in [0.25, 0.3) is 0 Å². The van der Waals surface area contributed by atoms with Crippen LogP contribution in [-0.4, -0.2) is 26.4 Å². The number of carbonyl (C=O) groups is 1. The zero-order chi connectivity index (χ0) is 15.6. The maximum Gasteiger partial charge on any atom is 0.241 e. The minimum Gasteiger partial charge on any atom is -0.352 e. The largest absolute Gasteiger partial charge is 0.352 e. The second-order valence-electron chi connectivity index (χ2n) is 5.58. The minimum atomic E-state index is -3.78. The van der Waals surface area contributed by atoms with Gasteiger partial charge in [-0.2, -0.15) is 4.72 Å². The Hall–Kier alpha value is -1.11. The summed E-state index contributed by atoms with van der Waals surface area (Å²) in [6, 6.07) is 5.36. The van der Waals surface area contributed by atoms with Crippen LogP contribution in [0, 0.1) is 5.92 Å². The Balaban J connectivity index is 2.16. The van der Waals surface area contributed by atoms with Crippen molar-refractivity contribution in [3.8, 4) is 0 Å². The van der Waals surface area contributed by atoms with Crippen LogP contribution in [0.1, 0.15) is 26.7 Å². The first-order chi connectivity index (χ1) is 9.79. The molecule has 0 saturated heterocycles. The maximum atomic E-state index is 12.4. The van der Waals surface area contributed by atoms with Gasteiger partial charge in [-0.05, 0) is 37.0 Å². The van der Waals surface area contributed by atoms with Crippen LogP contribution in [0.3, 0.4) is 0 Å². The molecular weight excluding hydrogens is 312 g/mol. The first-order valence-electron chi connectivity index (χ1n) is 6.88. The molecule has 0 radical (unpaired) electrons. The molecule has 0 aliphatic heterocycles. The van der Waals surface area contributed by atoms with Crippen molar-refractivity contribution in [3.05, 3.63) is 29.3 Å². The van der Waals surface area contributed by atoms with Gasteiger partial charge in [0, 0.05) is 11.1 Å². The highest BCUT2D eigenvalue weighted by Gasteiger charge is 2.32. The van der Waals surface area contributed by atoms with Crippen LogP contribution in [0.15, 0.2) is 29.2 Å². The van der Waals surface area contributed by atoms with Crippen molar-refractivity contribution in [3.63, 3.8) is 0 Å². The molecule has 0 heterocycles. The number of rotatable bonds is 6. The molecule has 1 atom stereocenters. The number of sulfonamides is 1. The lowest BCUT2D eigenvalue weighted by Crippen LogP contribution is -2.50. The van der Waals surface area contributed by atoms with Gasteiger partial charge in [-0.1, -0.05) is 31.5 Å². The van der Waals surface area contributed by atoms with E-state index < -0.39 is 16.1 Å². The summed E-state index contributed by atoms with van der Waals surface area (Å²) in [7, 11) is -3.78. The van der Waals surface area contributed by atoms with Crippen molar-refractivity contribution in [1.82, 2.24) is 10.0 Å². The second-order valence-corrected chi connectivity index (χ2v) is 7.73. The predicted molar refractivity (Wildman–Crippen MR) is 81.6 cm³/mol. The van der Waals surface area contributed by atoms with Crippen LogP contribution >= 0.6 is 11.6 Å².